The number of rotatable bonds is 5. The first-order valence-corrected chi connectivity index (χ1v) is 9.23. The van der Waals surface area contributed by atoms with E-state index in [2.05, 4.69) is 50.5 Å². The van der Waals surface area contributed by atoms with Gasteiger partial charge >= 0.3 is 0 Å². The van der Waals surface area contributed by atoms with E-state index in [9.17, 15) is 0 Å². The number of hydrogen-bond acceptors (Lipinski definition) is 8. The lowest BCUT2D eigenvalue weighted by molar-refractivity contribution is 0.0398. The fourth-order valence-electron chi connectivity index (χ4n) is 3.34. The van der Waals surface area contributed by atoms with Crippen molar-refractivity contribution in [2.24, 2.45) is 0 Å². The molecule has 0 amide bonds. The second-order valence-corrected chi connectivity index (χ2v) is 6.87. The zero-order chi connectivity index (χ0) is 18.6. The maximum Gasteiger partial charge on any atom is 0.219 e. The van der Waals surface area contributed by atoms with Crippen LogP contribution in [-0.2, 0) is 11.3 Å². The van der Waals surface area contributed by atoms with Crippen LogP contribution in [0.3, 0.4) is 0 Å². The number of pyridine rings is 1. The molecule has 2 aromatic rings. The Labute approximate surface area is 159 Å². The van der Waals surface area contributed by atoms with Crippen LogP contribution in [0.1, 0.15) is 11.1 Å². The predicted molar refractivity (Wildman–Crippen MR) is 106 cm³/mol. The van der Waals surface area contributed by atoms with Crippen LogP contribution in [0.15, 0.2) is 24.7 Å². The number of nitrogen functional groups attached to an aromatic ring is 1. The zero-order valence-electron chi connectivity index (χ0n) is 15.6. The first-order chi connectivity index (χ1) is 13.2. The van der Waals surface area contributed by atoms with Crippen molar-refractivity contribution in [2.75, 3.05) is 57.5 Å². The van der Waals surface area contributed by atoms with E-state index in [1.165, 1.54) is 11.1 Å². The van der Waals surface area contributed by atoms with Gasteiger partial charge < -0.3 is 20.7 Å². The molecule has 0 aromatic carbocycles. The molecule has 4 rings (SSSR count). The Kier molecular flexibility index (Phi) is 5.17. The highest BCUT2D eigenvalue weighted by Gasteiger charge is 2.17. The molecule has 2 aliphatic rings. The van der Waals surface area contributed by atoms with Crippen LogP contribution in [0.25, 0.3) is 17.3 Å². The van der Waals surface area contributed by atoms with Crippen molar-refractivity contribution in [1.29, 1.82) is 0 Å². The molecule has 0 spiro atoms. The van der Waals surface area contributed by atoms with Crippen molar-refractivity contribution in [1.82, 2.24) is 24.8 Å². The minimum atomic E-state index is 0.266. The Bertz CT molecular complexity index is 816. The van der Waals surface area contributed by atoms with Gasteiger partial charge in [0, 0.05) is 63.3 Å². The number of fused-ring (bicyclic) bond motifs is 1. The molecule has 3 N–H and O–H groups in total. The predicted octanol–water partition coefficient (Wildman–Crippen LogP) is 1.28. The molecule has 27 heavy (non-hydrogen) atoms. The van der Waals surface area contributed by atoms with E-state index in [4.69, 9.17) is 15.5 Å². The number of ether oxygens (including phenoxy) is 1. The van der Waals surface area contributed by atoms with Crippen LogP contribution in [0, 0.1) is 0 Å². The minimum Gasteiger partial charge on any atom is -0.379 e. The average molecular weight is 367 g/mol. The monoisotopic (exact) mass is 367 g/mol. The Morgan fingerprint density at radius 1 is 1.22 bits per heavy atom. The number of hydrogen-bond donors (Lipinski definition) is 2. The third kappa shape index (κ3) is 4.17. The lowest BCUT2D eigenvalue weighted by Gasteiger charge is -2.27. The number of nitrogens with one attached hydrogen (secondary N) is 1. The Morgan fingerprint density at radius 2 is 2.00 bits per heavy atom. The molecule has 0 unspecified atom stereocenters. The summed E-state index contributed by atoms with van der Waals surface area (Å²) in [6, 6.07) is 2.08. The smallest absolute Gasteiger partial charge is 0.219 e. The Hall–Kier alpha value is -2.71. The SMILES string of the molecule is CN1C=Cc2cc(-c3cnc(N)nc3)nc(NCCN3CCOCC3)c2C1. The summed E-state index contributed by atoms with van der Waals surface area (Å²) in [4.78, 5) is 17.6. The van der Waals surface area contributed by atoms with Gasteiger partial charge in [0.1, 0.15) is 5.82 Å². The van der Waals surface area contributed by atoms with E-state index in [-0.39, 0.29) is 5.95 Å². The summed E-state index contributed by atoms with van der Waals surface area (Å²) in [6.07, 6.45) is 7.64. The van der Waals surface area contributed by atoms with Gasteiger partial charge in [0.25, 0.3) is 0 Å². The number of anilines is 2. The number of morpholine rings is 1. The first-order valence-electron chi connectivity index (χ1n) is 9.23. The second-order valence-electron chi connectivity index (χ2n) is 6.87. The van der Waals surface area contributed by atoms with E-state index in [0.717, 1.165) is 63.0 Å². The topological polar surface area (TPSA) is 92.4 Å². The van der Waals surface area contributed by atoms with E-state index in [1.807, 2.05) is 0 Å². The van der Waals surface area contributed by atoms with Crippen LogP contribution in [-0.4, -0.2) is 71.2 Å². The fourth-order valence-corrected chi connectivity index (χ4v) is 3.34. The quantitative estimate of drug-likeness (QED) is 0.817. The summed E-state index contributed by atoms with van der Waals surface area (Å²) in [5.74, 6) is 1.19. The van der Waals surface area contributed by atoms with Gasteiger partial charge in [-0.15, -0.1) is 0 Å². The lowest BCUT2D eigenvalue weighted by Crippen LogP contribution is -2.39. The van der Waals surface area contributed by atoms with Crippen molar-refractivity contribution >= 4 is 17.8 Å². The van der Waals surface area contributed by atoms with Gasteiger partial charge in [-0.2, -0.15) is 0 Å². The third-order valence-corrected chi connectivity index (χ3v) is 4.87. The normalized spacial score (nSPS) is 17.0. The van der Waals surface area contributed by atoms with Crippen molar-refractivity contribution in [2.45, 2.75) is 6.54 Å². The van der Waals surface area contributed by atoms with Crippen LogP contribution in [0.4, 0.5) is 11.8 Å². The maximum absolute atomic E-state index is 5.61. The maximum atomic E-state index is 5.61. The van der Waals surface area contributed by atoms with Gasteiger partial charge in [-0.3, -0.25) is 4.90 Å². The zero-order valence-corrected chi connectivity index (χ0v) is 15.6. The summed E-state index contributed by atoms with van der Waals surface area (Å²) in [7, 11) is 2.07. The molecule has 2 aromatic heterocycles. The summed E-state index contributed by atoms with van der Waals surface area (Å²) in [6.45, 7) is 6.25. The van der Waals surface area contributed by atoms with Crippen LogP contribution >= 0.6 is 0 Å². The van der Waals surface area contributed by atoms with E-state index in [0.29, 0.717) is 0 Å². The number of nitrogens with two attached hydrogens (primary N) is 1. The molecule has 4 heterocycles. The largest absolute Gasteiger partial charge is 0.379 e. The summed E-state index contributed by atoms with van der Waals surface area (Å²) >= 11 is 0. The van der Waals surface area contributed by atoms with Gasteiger partial charge in [-0.25, -0.2) is 15.0 Å². The number of aromatic nitrogens is 3. The van der Waals surface area contributed by atoms with Crippen LogP contribution < -0.4 is 11.1 Å². The van der Waals surface area contributed by atoms with Gasteiger partial charge in [0.2, 0.25) is 5.95 Å². The summed E-state index contributed by atoms with van der Waals surface area (Å²) in [5, 5.41) is 3.54. The molecule has 1 saturated heterocycles. The van der Waals surface area contributed by atoms with Crippen molar-refractivity contribution in [3.05, 3.63) is 35.8 Å². The van der Waals surface area contributed by atoms with Gasteiger partial charge in [-0.05, 0) is 23.9 Å². The molecule has 0 bridgehead atoms. The van der Waals surface area contributed by atoms with Crippen molar-refractivity contribution in [3.63, 3.8) is 0 Å². The molecule has 0 saturated carbocycles. The van der Waals surface area contributed by atoms with Crippen LogP contribution in [0.2, 0.25) is 0 Å². The molecule has 0 aliphatic carbocycles. The first kappa shape index (κ1) is 17.7. The van der Waals surface area contributed by atoms with E-state index in [1.54, 1.807) is 12.4 Å². The van der Waals surface area contributed by atoms with E-state index < -0.39 is 0 Å². The third-order valence-electron chi connectivity index (χ3n) is 4.87. The van der Waals surface area contributed by atoms with Gasteiger partial charge in [-0.1, -0.05) is 0 Å². The Morgan fingerprint density at radius 3 is 2.78 bits per heavy atom. The highest BCUT2D eigenvalue weighted by atomic mass is 16.5. The average Bonchev–Trinajstić information content (AvgIpc) is 2.69. The Balaban J connectivity index is 1.57. The fraction of sp³-hybridized carbons (Fsp3) is 0.421. The summed E-state index contributed by atoms with van der Waals surface area (Å²) < 4.78 is 5.42. The van der Waals surface area contributed by atoms with Crippen molar-refractivity contribution in [3.8, 4) is 11.3 Å². The molecular formula is C19H25N7O. The molecular weight excluding hydrogens is 342 g/mol. The van der Waals surface area contributed by atoms with Gasteiger partial charge in [0.15, 0.2) is 0 Å². The number of nitrogens with zero attached hydrogens (tertiary/aromatic N) is 5. The highest BCUT2D eigenvalue weighted by Crippen LogP contribution is 2.29. The van der Waals surface area contributed by atoms with Crippen molar-refractivity contribution < 1.29 is 4.74 Å². The van der Waals surface area contributed by atoms with Gasteiger partial charge in [0.05, 0.1) is 18.9 Å². The molecule has 0 radical (unpaired) electrons. The van der Waals surface area contributed by atoms with Crippen LogP contribution in [0.5, 0.6) is 0 Å². The molecule has 8 nitrogen and oxygen atoms in total. The second kappa shape index (κ2) is 7.89. The van der Waals surface area contributed by atoms with E-state index >= 15 is 0 Å². The molecule has 1 fully saturated rings. The molecule has 2 aliphatic heterocycles. The molecule has 0 atom stereocenters. The summed E-state index contributed by atoms with van der Waals surface area (Å²) in [5.41, 5.74) is 9.69. The molecule has 8 heteroatoms. The molecule has 142 valence electrons. The lowest BCUT2D eigenvalue weighted by atomic mass is 10.0. The highest BCUT2D eigenvalue weighted by molar-refractivity contribution is 5.71. The minimum absolute atomic E-state index is 0.266. The standard InChI is InChI=1S/C19H25N7O/c1-25-4-2-14-10-17(15-11-22-19(20)23-12-15)24-18(16(14)13-25)21-3-5-26-6-8-27-9-7-26/h2,4,10-12H,3,5-9,13H2,1H3,(H,21,24)(H2,20,22,23).